The zero-order valence-corrected chi connectivity index (χ0v) is 13.5. The fraction of sp³-hybridized carbons (Fsp3) is 0.235. The number of rotatable bonds is 4. The molecular weight excluding hydrogens is 335 g/mol. The molecular formula is C17H16ClFN2O3. The second-order valence-corrected chi connectivity index (χ2v) is 5.65. The molecule has 126 valence electrons. The number of anilines is 1. The first-order valence-electron chi connectivity index (χ1n) is 7.50. The van der Waals surface area contributed by atoms with Crippen molar-refractivity contribution >= 4 is 23.3 Å². The second kappa shape index (κ2) is 7.40. The first-order valence-corrected chi connectivity index (χ1v) is 7.88. The Morgan fingerprint density at radius 1 is 1.21 bits per heavy atom. The van der Waals surface area contributed by atoms with Crippen LogP contribution >= 0.6 is 11.6 Å². The maximum absolute atomic E-state index is 13.1. The average molecular weight is 351 g/mol. The molecule has 7 heteroatoms. The summed E-state index contributed by atoms with van der Waals surface area (Å²) in [4.78, 5) is 11.8. The highest BCUT2D eigenvalue weighted by atomic mass is 35.5. The van der Waals surface area contributed by atoms with E-state index in [2.05, 4.69) is 10.6 Å². The summed E-state index contributed by atoms with van der Waals surface area (Å²) in [6.07, 6.45) is 0.576. The van der Waals surface area contributed by atoms with Crippen LogP contribution in [0.4, 0.5) is 14.9 Å². The molecule has 0 radical (unpaired) electrons. The van der Waals surface area contributed by atoms with Gasteiger partial charge >= 0.3 is 6.03 Å². The van der Waals surface area contributed by atoms with Gasteiger partial charge in [-0.15, -0.1) is 0 Å². The van der Waals surface area contributed by atoms with Gasteiger partial charge in [-0.05, 0) is 42.3 Å². The summed E-state index contributed by atoms with van der Waals surface area (Å²) >= 11 is 6.17. The molecule has 0 atom stereocenters. The van der Waals surface area contributed by atoms with E-state index < -0.39 is 11.8 Å². The predicted molar refractivity (Wildman–Crippen MR) is 89.6 cm³/mol. The summed E-state index contributed by atoms with van der Waals surface area (Å²) in [5.74, 6) is 0.773. The summed E-state index contributed by atoms with van der Waals surface area (Å²) in [5, 5.41) is 5.77. The number of carbonyl (C=O) groups excluding carboxylic acids is 1. The minimum Gasteiger partial charge on any atom is -0.486 e. The minimum absolute atomic E-state index is 0.398. The molecule has 0 bridgehead atoms. The molecule has 2 aromatic carbocycles. The largest absolute Gasteiger partial charge is 0.486 e. The Kier molecular flexibility index (Phi) is 5.05. The highest BCUT2D eigenvalue weighted by molar-refractivity contribution is 6.32. The number of amides is 2. The second-order valence-electron chi connectivity index (χ2n) is 5.24. The smallest absolute Gasteiger partial charge is 0.319 e. The van der Waals surface area contributed by atoms with E-state index >= 15 is 0 Å². The molecule has 2 amide bonds. The van der Waals surface area contributed by atoms with Gasteiger partial charge in [-0.1, -0.05) is 17.7 Å². The van der Waals surface area contributed by atoms with Crippen molar-refractivity contribution in [2.45, 2.75) is 6.42 Å². The number of hydrogen-bond acceptors (Lipinski definition) is 3. The molecule has 0 aromatic heterocycles. The summed E-state index contributed by atoms with van der Waals surface area (Å²) in [6, 6.07) is 8.96. The van der Waals surface area contributed by atoms with E-state index in [1.54, 1.807) is 12.1 Å². The molecule has 1 heterocycles. The summed E-state index contributed by atoms with van der Waals surface area (Å²) in [6.45, 7) is 1.37. The topological polar surface area (TPSA) is 59.6 Å². The first-order chi connectivity index (χ1) is 11.6. The fourth-order valence-electron chi connectivity index (χ4n) is 2.37. The van der Waals surface area contributed by atoms with Crippen molar-refractivity contribution in [3.05, 3.63) is 52.8 Å². The Balaban J connectivity index is 1.53. The monoisotopic (exact) mass is 350 g/mol. The minimum atomic E-state index is -0.404. The Bertz CT molecular complexity index is 755. The molecule has 0 fully saturated rings. The predicted octanol–water partition coefficient (Wildman–Crippen LogP) is 3.61. The van der Waals surface area contributed by atoms with E-state index in [0.29, 0.717) is 48.4 Å². The lowest BCUT2D eigenvalue weighted by atomic mass is 10.1. The number of carbonyl (C=O) groups is 1. The first kappa shape index (κ1) is 16.4. The average Bonchev–Trinajstić information content (AvgIpc) is 2.55. The molecule has 0 saturated heterocycles. The summed E-state index contributed by atoms with van der Waals surface area (Å²) in [7, 11) is 0. The third kappa shape index (κ3) is 4.08. The number of fused-ring (bicyclic) bond motifs is 1. The van der Waals surface area contributed by atoms with Crippen LogP contribution in [0.25, 0.3) is 0 Å². The Morgan fingerprint density at radius 2 is 2.04 bits per heavy atom. The molecule has 24 heavy (non-hydrogen) atoms. The number of nitrogens with one attached hydrogen (secondary N) is 2. The molecule has 0 aliphatic carbocycles. The van der Waals surface area contributed by atoms with E-state index in [1.165, 1.54) is 18.2 Å². The van der Waals surface area contributed by atoms with Crippen molar-refractivity contribution in [1.29, 1.82) is 0 Å². The number of hydrogen-bond donors (Lipinski definition) is 2. The van der Waals surface area contributed by atoms with Crippen LogP contribution in [0.1, 0.15) is 5.56 Å². The van der Waals surface area contributed by atoms with Gasteiger partial charge in [-0.3, -0.25) is 0 Å². The maximum Gasteiger partial charge on any atom is 0.319 e. The SMILES string of the molecule is O=C(NCCc1cc(Cl)c2c(c1)OCCO2)Nc1cccc(F)c1. The van der Waals surface area contributed by atoms with Gasteiger partial charge in [0.05, 0.1) is 5.02 Å². The van der Waals surface area contributed by atoms with Crippen LogP contribution in [-0.2, 0) is 6.42 Å². The van der Waals surface area contributed by atoms with Gasteiger partial charge in [-0.25, -0.2) is 9.18 Å². The van der Waals surface area contributed by atoms with Crippen molar-refractivity contribution in [2.24, 2.45) is 0 Å². The van der Waals surface area contributed by atoms with Gasteiger partial charge in [0.15, 0.2) is 11.5 Å². The van der Waals surface area contributed by atoms with E-state index in [1.807, 2.05) is 6.07 Å². The van der Waals surface area contributed by atoms with Gasteiger partial charge in [0.1, 0.15) is 19.0 Å². The Morgan fingerprint density at radius 3 is 2.88 bits per heavy atom. The number of ether oxygens (including phenoxy) is 2. The van der Waals surface area contributed by atoms with Gasteiger partial charge in [0.25, 0.3) is 0 Å². The summed E-state index contributed by atoms with van der Waals surface area (Å²) < 4.78 is 24.0. The van der Waals surface area contributed by atoms with Crippen LogP contribution < -0.4 is 20.1 Å². The third-order valence-corrected chi connectivity index (χ3v) is 3.72. The number of benzene rings is 2. The molecule has 2 N–H and O–H groups in total. The van der Waals surface area contributed by atoms with Crippen LogP contribution in [0.5, 0.6) is 11.5 Å². The lowest BCUT2D eigenvalue weighted by molar-refractivity contribution is 0.171. The normalized spacial score (nSPS) is 12.6. The molecule has 1 aliphatic heterocycles. The highest BCUT2D eigenvalue weighted by Crippen LogP contribution is 2.38. The van der Waals surface area contributed by atoms with Gasteiger partial charge in [0, 0.05) is 12.2 Å². The lowest BCUT2D eigenvalue weighted by Crippen LogP contribution is -2.30. The van der Waals surface area contributed by atoms with Crippen molar-refractivity contribution in [3.63, 3.8) is 0 Å². The van der Waals surface area contributed by atoms with E-state index in [-0.39, 0.29) is 0 Å². The third-order valence-electron chi connectivity index (χ3n) is 3.44. The molecule has 0 spiro atoms. The number of urea groups is 1. The van der Waals surface area contributed by atoms with Crippen LogP contribution in [0.3, 0.4) is 0 Å². The van der Waals surface area contributed by atoms with Gasteiger partial charge in [0.2, 0.25) is 0 Å². The van der Waals surface area contributed by atoms with Crippen LogP contribution in [0.2, 0.25) is 5.02 Å². The molecule has 2 aromatic rings. The summed E-state index contributed by atoms with van der Waals surface area (Å²) in [5.41, 5.74) is 1.32. The highest BCUT2D eigenvalue weighted by Gasteiger charge is 2.16. The Hall–Kier alpha value is -2.47. The van der Waals surface area contributed by atoms with Crippen LogP contribution in [-0.4, -0.2) is 25.8 Å². The quantitative estimate of drug-likeness (QED) is 0.885. The molecule has 0 unspecified atom stereocenters. The van der Waals surface area contributed by atoms with E-state index in [0.717, 1.165) is 5.56 Å². The van der Waals surface area contributed by atoms with Crippen molar-refractivity contribution < 1.29 is 18.7 Å². The fourth-order valence-corrected chi connectivity index (χ4v) is 2.66. The maximum atomic E-state index is 13.1. The van der Waals surface area contributed by atoms with Crippen LogP contribution in [0, 0.1) is 5.82 Å². The zero-order chi connectivity index (χ0) is 16.9. The van der Waals surface area contributed by atoms with Crippen molar-refractivity contribution in [1.82, 2.24) is 5.32 Å². The lowest BCUT2D eigenvalue weighted by Gasteiger charge is -2.20. The molecule has 0 saturated carbocycles. The van der Waals surface area contributed by atoms with Gasteiger partial charge in [-0.2, -0.15) is 0 Å². The Labute approximate surface area is 143 Å². The van der Waals surface area contributed by atoms with E-state index in [4.69, 9.17) is 21.1 Å². The van der Waals surface area contributed by atoms with E-state index in [9.17, 15) is 9.18 Å². The van der Waals surface area contributed by atoms with Crippen LogP contribution in [0.15, 0.2) is 36.4 Å². The van der Waals surface area contributed by atoms with Gasteiger partial charge < -0.3 is 20.1 Å². The molecule has 1 aliphatic rings. The van der Waals surface area contributed by atoms with Crippen molar-refractivity contribution in [2.75, 3.05) is 25.1 Å². The number of halogens is 2. The zero-order valence-electron chi connectivity index (χ0n) is 12.8. The standard InChI is InChI=1S/C17H16ClFN2O3/c18-14-8-11(9-15-16(14)24-7-6-23-15)4-5-20-17(22)21-13-3-1-2-12(19)10-13/h1-3,8-10H,4-7H2,(H2,20,21,22). The molecule has 5 nitrogen and oxygen atoms in total. The van der Waals surface area contributed by atoms with Crippen molar-refractivity contribution in [3.8, 4) is 11.5 Å². The molecule has 3 rings (SSSR count).